The molecule has 0 aliphatic carbocycles. The van der Waals surface area contributed by atoms with Gasteiger partial charge in [0.1, 0.15) is 10.8 Å². The molecule has 2 aromatic carbocycles. The zero-order valence-electron chi connectivity index (χ0n) is 15.5. The van der Waals surface area contributed by atoms with Crippen LogP contribution < -0.4 is 5.32 Å². The van der Waals surface area contributed by atoms with Crippen molar-refractivity contribution in [2.24, 2.45) is 0 Å². The average molecular weight is 434 g/mol. The first-order valence-electron chi connectivity index (χ1n) is 9.12. The third-order valence-electron chi connectivity index (χ3n) is 4.66. The minimum atomic E-state index is -5.06. The van der Waals surface area contributed by atoms with Gasteiger partial charge < -0.3 is 15.4 Å². The molecule has 2 aromatic heterocycles. The van der Waals surface area contributed by atoms with Gasteiger partial charge in [-0.1, -0.05) is 24.3 Å². The number of amides is 1. The minimum Gasteiger partial charge on any atom is -0.374 e. The van der Waals surface area contributed by atoms with Crippen LogP contribution in [0.4, 0.5) is 13.2 Å². The van der Waals surface area contributed by atoms with E-state index >= 15 is 0 Å². The van der Waals surface area contributed by atoms with Crippen molar-refractivity contribution in [2.45, 2.75) is 24.6 Å². The van der Waals surface area contributed by atoms with E-state index in [-0.39, 0.29) is 6.54 Å². The number of imidazole rings is 1. The molecule has 1 unspecified atom stereocenters. The average Bonchev–Trinajstić information content (AvgIpc) is 3.30. The predicted molar refractivity (Wildman–Crippen MR) is 107 cm³/mol. The number of aromatic amines is 1. The molecule has 156 valence electrons. The van der Waals surface area contributed by atoms with E-state index in [4.69, 9.17) is 0 Å². The molecule has 0 radical (unpaired) electrons. The van der Waals surface area contributed by atoms with Crippen LogP contribution >= 0.6 is 11.3 Å². The number of fused-ring (bicyclic) bond motifs is 2. The number of para-hydroxylation sites is 3. The largest absolute Gasteiger partial charge is 0.424 e. The van der Waals surface area contributed by atoms with Gasteiger partial charge in [0, 0.05) is 13.0 Å². The maximum absolute atomic E-state index is 13.7. The van der Waals surface area contributed by atoms with Crippen molar-refractivity contribution in [3.05, 3.63) is 59.4 Å². The molecule has 0 aliphatic heterocycles. The van der Waals surface area contributed by atoms with Crippen molar-refractivity contribution in [3.63, 3.8) is 0 Å². The number of carbonyl (C=O) groups excluding carboxylic acids is 1. The van der Waals surface area contributed by atoms with Crippen LogP contribution in [0, 0.1) is 0 Å². The van der Waals surface area contributed by atoms with Gasteiger partial charge in [-0.25, -0.2) is 9.97 Å². The molecule has 1 atom stereocenters. The first kappa shape index (κ1) is 20.3. The fourth-order valence-corrected chi connectivity index (χ4v) is 4.16. The van der Waals surface area contributed by atoms with Crippen molar-refractivity contribution < 1.29 is 23.1 Å². The highest BCUT2D eigenvalue weighted by Crippen LogP contribution is 2.44. The lowest BCUT2D eigenvalue weighted by molar-refractivity contribution is -0.267. The molecular formula is C20H17F3N4O2S. The van der Waals surface area contributed by atoms with Crippen molar-refractivity contribution in [1.29, 1.82) is 0 Å². The number of carbonyl (C=O) groups is 1. The van der Waals surface area contributed by atoms with Gasteiger partial charge in [0.15, 0.2) is 0 Å². The Morgan fingerprint density at radius 3 is 2.47 bits per heavy atom. The summed E-state index contributed by atoms with van der Waals surface area (Å²) in [5, 5.41) is 12.3. The summed E-state index contributed by atoms with van der Waals surface area (Å²) in [6.45, 7) is 0.0758. The molecule has 2 heterocycles. The molecule has 6 nitrogen and oxygen atoms in total. The van der Waals surface area contributed by atoms with Crippen LogP contribution in [-0.2, 0) is 16.8 Å². The Hall–Kier alpha value is -2.98. The van der Waals surface area contributed by atoms with Gasteiger partial charge in [0.25, 0.3) is 0 Å². The number of rotatable bonds is 6. The van der Waals surface area contributed by atoms with Crippen LogP contribution in [0.1, 0.15) is 17.3 Å². The van der Waals surface area contributed by atoms with Crippen molar-refractivity contribution in [2.75, 3.05) is 6.54 Å². The van der Waals surface area contributed by atoms with Gasteiger partial charge in [-0.2, -0.15) is 13.2 Å². The maximum atomic E-state index is 13.7. The number of nitrogens with zero attached hydrogens (tertiary/aromatic N) is 2. The topological polar surface area (TPSA) is 90.9 Å². The number of hydrogen-bond acceptors (Lipinski definition) is 5. The van der Waals surface area contributed by atoms with Crippen LogP contribution in [0.15, 0.2) is 48.5 Å². The number of hydrogen-bond donors (Lipinski definition) is 3. The number of thiazole rings is 1. The molecular weight excluding hydrogens is 417 g/mol. The Morgan fingerprint density at radius 1 is 1.07 bits per heavy atom. The van der Waals surface area contributed by atoms with E-state index in [1.807, 2.05) is 24.3 Å². The van der Waals surface area contributed by atoms with E-state index < -0.39 is 29.1 Å². The molecule has 1 amide bonds. The number of nitrogens with one attached hydrogen (secondary N) is 2. The Balaban J connectivity index is 1.45. The molecule has 0 fully saturated rings. The molecule has 30 heavy (non-hydrogen) atoms. The first-order valence-corrected chi connectivity index (χ1v) is 9.93. The van der Waals surface area contributed by atoms with Gasteiger partial charge in [0.05, 0.1) is 27.7 Å². The zero-order valence-corrected chi connectivity index (χ0v) is 16.3. The van der Waals surface area contributed by atoms with Gasteiger partial charge in [-0.05, 0) is 24.3 Å². The first-order chi connectivity index (χ1) is 14.3. The second kappa shape index (κ2) is 7.69. The SMILES string of the molecule is O=C(CC(O)(c1nc2ccccc2s1)C(F)(F)F)NCCc1nc2ccccc2[nH]1. The van der Waals surface area contributed by atoms with Crippen LogP contribution in [0.2, 0.25) is 0 Å². The second-order valence-electron chi connectivity index (χ2n) is 6.82. The standard InChI is InChI=1S/C20H17F3N4O2S/c21-20(22,23)19(29,18-27-14-7-3-4-8-15(14)30-18)11-17(28)24-10-9-16-25-12-5-1-2-6-13(12)26-16/h1-8,29H,9-11H2,(H,24,28)(H,25,26). The number of alkyl halides is 3. The fraction of sp³-hybridized carbons (Fsp3) is 0.250. The molecule has 0 bridgehead atoms. The number of halogens is 3. The Kier molecular flexibility index (Phi) is 5.20. The highest BCUT2D eigenvalue weighted by molar-refractivity contribution is 7.18. The highest BCUT2D eigenvalue weighted by atomic mass is 32.1. The lowest BCUT2D eigenvalue weighted by Crippen LogP contribution is -2.46. The van der Waals surface area contributed by atoms with Gasteiger partial charge in [0.2, 0.25) is 11.5 Å². The minimum absolute atomic E-state index is 0.0758. The van der Waals surface area contributed by atoms with Gasteiger partial charge in [-0.15, -0.1) is 11.3 Å². The summed E-state index contributed by atoms with van der Waals surface area (Å²) in [7, 11) is 0. The summed E-state index contributed by atoms with van der Waals surface area (Å²) in [5.41, 5.74) is -1.42. The maximum Gasteiger partial charge on any atom is 0.424 e. The summed E-state index contributed by atoms with van der Waals surface area (Å²) in [6, 6.07) is 13.9. The summed E-state index contributed by atoms with van der Waals surface area (Å²) < 4.78 is 41.6. The van der Waals surface area contributed by atoms with Crippen LogP contribution in [0.3, 0.4) is 0 Å². The predicted octanol–water partition coefficient (Wildman–Crippen LogP) is 3.67. The van der Waals surface area contributed by atoms with Crippen molar-refractivity contribution in [1.82, 2.24) is 20.3 Å². The van der Waals surface area contributed by atoms with Crippen LogP contribution in [0.25, 0.3) is 21.3 Å². The summed E-state index contributed by atoms with van der Waals surface area (Å²) in [5.74, 6) is -0.320. The number of H-pyrrole nitrogens is 1. The lowest BCUT2D eigenvalue weighted by atomic mass is 9.99. The normalized spacial score (nSPS) is 14.1. The van der Waals surface area contributed by atoms with Crippen molar-refractivity contribution >= 4 is 38.5 Å². The summed E-state index contributed by atoms with van der Waals surface area (Å²) in [6.07, 6.45) is -5.92. The molecule has 4 aromatic rings. The zero-order chi connectivity index (χ0) is 21.4. The molecule has 4 rings (SSSR count). The lowest BCUT2D eigenvalue weighted by Gasteiger charge is -2.27. The van der Waals surface area contributed by atoms with E-state index in [1.54, 1.807) is 24.3 Å². The van der Waals surface area contributed by atoms with E-state index in [1.165, 1.54) is 0 Å². The molecule has 0 saturated carbocycles. The highest BCUT2D eigenvalue weighted by Gasteiger charge is 2.58. The Labute approximate surface area is 172 Å². The quantitative estimate of drug-likeness (QED) is 0.432. The summed E-state index contributed by atoms with van der Waals surface area (Å²) in [4.78, 5) is 23.6. The third-order valence-corrected chi connectivity index (χ3v) is 5.84. The Bertz CT molecular complexity index is 1140. The van der Waals surface area contributed by atoms with E-state index in [0.29, 0.717) is 22.5 Å². The monoisotopic (exact) mass is 434 g/mol. The van der Waals surface area contributed by atoms with Crippen LogP contribution in [0.5, 0.6) is 0 Å². The number of aromatic nitrogens is 3. The molecule has 3 N–H and O–H groups in total. The molecule has 0 spiro atoms. The molecule has 0 aliphatic rings. The number of aliphatic hydroxyl groups is 1. The third kappa shape index (κ3) is 3.88. The van der Waals surface area contributed by atoms with E-state index in [2.05, 4.69) is 20.3 Å². The molecule has 10 heteroatoms. The van der Waals surface area contributed by atoms with E-state index in [0.717, 1.165) is 22.4 Å². The molecule has 0 saturated heterocycles. The van der Waals surface area contributed by atoms with Crippen molar-refractivity contribution in [3.8, 4) is 0 Å². The van der Waals surface area contributed by atoms with Crippen LogP contribution in [-0.4, -0.2) is 38.7 Å². The summed E-state index contributed by atoms with van der Waals surface area (Å²) >= 11 is 0.720. The fourth-order valence-electron chi connectivity index (χ4n) is 3.09. The van der Waals surface area contributed by atoms with Gasteiger partial charge >= 0.3 is 6.18 Å². The van der Waals surface area contributed by atoms with Gasteiger partial charge in [-0.3, -0.25) is 4.79 Å². The number of benzene rings is 2. The Morgan fingerprint density at radius 2 is 1.77 bits per heavy atom. The second-order valence-corrected chi connectivity index (χ2v) is 7.85. The smallest absolute Gasteiger partial charge is 0.374 e. The van der Waals surface area contributed by atoms with E-state index in [9.17, 15) is 23.1 Å².